The molecule has 0 unspecified atom stereocenters. The number of ether oxygens (including phenoxy) is 2. The van der Waals surface area contributed by atoms with Crippen molar-refractivity contribution < 1.29 is 28.2 Å². The van der Waals surface area contributed by atoms with Crippen LogP contribution in [0.1, 0.15) is 72.6 Å². The standard InChI is InChI=1S/C26H35FO5/c1-6-7-22(29)32-26(23(30)31-5)15(2)12-19-17-14-21(27)20-13-16(28)8-10-24(20,3)18(17)9-11-25(19,26)4/h9,13,15,17,19,21H,6-8,10-12,14H2,1-5H3/t15-,17-,19+,21+,24-,25+,26+/m1/s1. The molecule has 0 saturated heterocycles. The van der Waals surface area contributed by atoms with Crippen molar-refractivity contribution in [3.05, 3.63) is 23.3 Å². The molecule has 0 bridgehead atoms. The molecule has 0 aromatic carbocycles. The Balaban J connectivity index is 1.81. The lowest BCUT2D eigenvalue weighted by Gasteiger charge is -2.55. The minimum Gasteiger partial charge on any atom is -0.466 e. The molecular weight excluding hydrogens is 411 g/mol. The number of allylic oxidation sites excluding steroid dienone is 4. The number of methoxy groups -OCH3 is 1. The van der Waals surface area contributed by atoms with Gasteiger partial charge in [0.15, 0.2) is 5.78 Å². The first-order chi connectivity index (χ1) is 15.0. The van der Waals surface area contributed by atoms with Gasteiger partial charge in [-0.2, -0.15) is 0 Å². The third-order valence-corrected chi connectivity index (χ3v) is 9.08. The van der Waals surface area contributed by atoms with Crippen LogP contribution < -0.4 is 0 Å². The van der Waals surface area contributed by atoms with Crippen LogP contribution in [0, 0.1) is 28.6 Å². The lowest BCUT2D eigenvalue weighted by molar-refractivity contribution is -0.204. The van der Waals surface area contributed by atoms with Crippen LogP contribution in [0.3, 0.4) is 0 Å². The van der Waals surface area contributed by atoms with Crippen molar-refractivity contribution in [2.75, 3.05) is 7.11 Å². The molecule has 4 aliphatic carbocycles. The second-order valence-electron chi connectivity index (χ2n) is 10.7. The van der Waals surface area contributed by atoms with Gasteiger partial charge < -0.3 is 9.47 Å². The molecular formula is C26H35FO5. The fourth-order valence-electron chi connectivity index (χ4n) is 7.47. The minimum absolute atomic E-state index is 0.00172. The quantitative estimate of drug-likeness (QED) is 0.454. The van der Waals surface area contributed by atoms with Crippen molar-refractivity contribution in [1.82, 2.24) is 0 Å². The lowest BCUT2D eigenvalue weighted by atomic mass is 9.50. The zero-order chi connectivity index (χ0) is 23.5. The number of esters is 2. The van der Waals surface area contributed by atoms with Gasteiger partial charge >= 0.3 is 11.9 Å². The molecule has 176 valence electrons. The number of hydrogen-bond acceptors (Lipinski definition) is 5. The van der Waals surface area contributed by atoms with Gasteiger partial charge in [0.25, 0.3) is 0 Å². The summed E-state index contributed by atoms with van der Waals surface area (Å²) in [5, 5.41) is 0. The van der Waals surface area contributed by atoms with E-state index in [9.17, 15) is 14.4 Å². The lowest BCUT2D eigenvalue weighted by Crippen LogP contribution is -2.60. The molecule has 0 heterocycles. The van der Waals surface area contributed by atoms with Gasteiger partial charge in [0.2, 0.25) is 5.60 Å². The van der Waals surface area contributed by atoms with Crippen LogP contribution in [0.2, 0.25) is 0 Å². The van der Waals surface area contributed by atoms with Crippen LogP contribution in [0.25, 0.3) is 0 Å². The van der Waals surface area contributed by atoms with Crippen LogP contribution in [0.15, 0.2) is 23.3 Å². The molecule has 32 heavy (non-hydrogen) atoms. The van der Waals surface area contributed by atoms with E-state index in [0.29, 0.717) is 44.1 Å². The zero-order valence-electron chi connectivity index (χ0n) is 19.8. The van der Waals surface area contributed by atoms with Gasteiger partial charge in [-0.3, -0.25) is 9.59 Å². The Bertz CT molecular complexity index is 906. The molecule has 4 aliphatic rings. The van der Waals surface area contributed by atoms with Crippen molar-refractivity contribution >= 4 is 17.7 Å². The maximum atomic E-state index is 15.5. The topological polar surface area (TPSA) is 69.7 Å². The molecule has 0 spiro atoms. The van der Waals surface area contributed by atoms with Gasteiger partial charge in [-0.15, -0.1) is 0 Å². The number of fused-ring (bicyclic) bond motifs is 5. The van der Waals surface area contributed by atoms with Crippen molar-refractivity contribution in [2.24, 2.45) is 28.6 Å². The molecule has 7 atom stereocenters. The van der Waals surface area contributed by atoms with Crippen molar-refractivity contribution in [3.8, 4) is 0 Å². The highest BCUT2D eigenvalue weighted by molar-refractivity contribution is 5.92. The number of carbonyl (C=O) groups excluding carboxylic acids is 3. The summed E-state index contributed by atoms with van der Waals surface area (Å²) in [6.45, 7) is 7.91. The molecule has 2 saturated carbocycles. The third-order valence-electron chi connectivity index (χ3n) is 9.08. The molecule has 0 radical (unpaired) electrons. The molecule has 0 aliphatic heterocycles. The Morgan fingerprint density at radius 2 is 1.94 bits per heavy atom. The van der Waals surface area contributed by atoms with E-state index in [0.717, 1.165) is 0 Å². The van der Waals surface area contributed by atoms with E-state index in [-0.39, 0.29) is 30.0 Å². The SMILES string of the molecule is CCCC(=O)O[C@]1(C(=O)OC)[C@H](C)C[C@H]2[C@@H]3C[C@H](F)C4=CC(=O)CC[C@]4(C)C3=CC[C@@]21C. The Morgan fingerprint density at radius 3 is 2.59 bits per heavy atom. The highest BCUT2D eigenvalue weighted by atomic mass is 19.1. The monoisotopic (exact) mass is 446 g/mol. The van der Waals surface area contributed by atoms with Gasteiger partial charge in [-0.1, -0.05) is 39.3 Å². The first-order valence-corrected chi connectivity index (χ1v) is 11.9. The van der Waals surface area contributed by atoms with Gasteiger partial charge in [0, 0.05) is 29.6 Å². The Kier molecular flexibility index (Phi) is 5.66. The van der Waals surface area contributed by atoms with Gasteiger partial charge in [0.1, 0.15) is 6.17 Å². The smallest absolute Gasteiger partial charge is 0.351 e. The molecule has 0 amide bonds. The first-order valence-electron chi connectivity index (χ1n) is 11.9. The van der Waals surface area contributed by atoms with E-state index >= 15 is 4.39 Å². The van der Waals surface area contributed by atoms with E-state index in [1.165, 1.54) is 18.8 Å². The summed E-state index contributed by atoms with van der Waals surface area (Å²) in [5.41, 5.74) is -0.721. The van der Waals surface area contributed by atoms with Crippen molar-refractivity contribution in [2.45, 2.75) is 84.4 Å². The summed E-state index contributed by atoms with van der Waals surface area (Å²) in [6, 6.07) is 0. The maximum absolute atomic E-state index is 15.5. The number of rotatable bonds is 4. The summed E-state index contributed by atoms with van der Waals surface area (Å²) < 4.78 is 26.7. The minimum atomic E-state index is -1.38. The molecule has 5 nitrogen and oxygen atoms in total. The number of alkyl halides is 1. The normalized spacial score (nSPS) is 42.8. The number of ketones is 1. The predicted octanol–water partition coefficient (Wildman–Crippen LogP) is 4.89. The molecule has 6 heteroatoms. The fraction of sp³-hybridized carbons (Fsp3) is 0.731. The van der Waals surface area contributed by atoms with Crippen LogP contribution >= 0.6 is 0 Å². The van der Waals surface area contributed by atoms with E-state index in [4.69, 9.17) is 9.47 Å². The first kappa shape index (κ1) is 23.2. The Morgan fingerprint density at radius 1 is 1.22 bits per heavy atom. The molecule has 0 aromatic heterocycles. The van der Waals surface area contributed by atoms with Crippen LogP contribution in [0.4, 0.5) is 4.39 Å². The average Bonchev–Trinajstić information content (AvgIpc) is 2.97. The number of hydrogen-bond donors (Lipinski definition) is 0. The second kappa shape index (κ2) is 7.81. The van der Waals surface area contributed by atoms with E-state index in [1.807, 2.05) is 20.8 Å². The summed E-state index contributed by atoms with van der Waals surface area (Å²) in [6.07, 6.45) is 5.93. The number of carbonyl (C=O) groups is 3. The van der Waals surface area contributed by atoms with Crippen LogP contribution in [-0.2, 0) is 23.9 Å². The summed E-state index contributed by atoms with van der Waals surface area (Å²) in [7, 11) is 1.33. The van der Waals surface area contributed by atoms with E-state index < -0.39 is 34.5 Å². The van der Waals surface area contributed by atoms with Crippen molar-refractivity contribution in [1.29, 1.82) is 0 Å². The Labute approximate surface area is 189 Å². The second-order valence-corrected chi connectivity index (χ2v) is 10.7. The summed E-state index contributed by atoms with van der Waals surface area (Å²) in [5.74, 6) is -1.22. The highest BCUT2D eigenvalue weighted by Crippen LogP contribution is 2.68. The number of halogens is 1. The summed E-state index contributed by atoms with van der Waals surface area (Å²) >= 11 is 0. The van der Waals surface area contributed by atoms with Gasteiger partial charge in [-0.25, -0.2) is 9.18 Å². The molecule has 2 fully saturated rings. The Hall–Kier alpha value is -1.98. The third kappa shape index (κ3) is 2.97. The van der Waals surface area contributed by atoms with Gasteiger partial charge in [-0.05, 0) is 55.6 Å². The van der Waals surface area contributed by atoms with Crippen LogP contribution in [-0.4, -0.2) is 36.6 Å². The maximum Gasteiger partial charge on any atom is 0.351 e. The molecule has 0 aromatic rings. The predicted molar refractivity (Wildman–Crippen MR) is 117 cm³/mol. The largest absolute Gasteiger partial charge is 0.466 e. The molecule has 4 rings (SSSR count). The van der Waals surface area contributed by atoms with Gasteiger partial charge in [0.05, 0.1) is 7.11 Å². The van der Waals surface area contributed by atoms with Crippen molar-refractivity contribution in [3.63, 3.8) is 0 Å². The molecule has 0 N–H and O–H groups in total. The fourth-order valence-corrected chi connectivity index (χ4v) is 7.47. The van der Waals surface area contributed by atoms with E-state index in [2.05, 4.69) is 13.0 Å². The van der Waals surface area contributed by atoms with E-state index in [1.54, 1.807) is 0 Å². The summed E-state index contributed by atoms with van der Waals surface area (Å²) in [4.78, 5) is 37.9. The zero-order valence-corrected chi connectivity index (χ0v) is 19.8. The average molecular weight is 447 g/mol. The highest BCUT2D eigenvalue weighted by Gasteiger charge is 2.71. The van der Waals surface area contributed by atoms with Crippen LogP contribution in [0.5, 0.6) is 0 Å².